The Hall–Kier alpha value is -3.88. The number of hydrogen-bond acceptors (Lipinski definition) is 9. The lowest BCUT2D eigenvalue weighted by atomic mass is 9.88. The fourth-order valence-electron chi connectivity index (χ4n) is 6.48. The molecule has 2 saturated carbocycles. The maximum Gasteiger partial charge on any atom is 0.405 e. The van der Waals surface area contributed by atoms with Crippen molar-refractivity contribution in [3.8, 4) is 11.8 Å². The molecule has 3 fully saturated rings. The molecule has 4 aliphatic rings. The summed E-state index contributed by atoms with van der Waals surface area (Å²) in [6.45, 7) is 5.35. The van der Waals surface area contributed by atoms with Crippen LogP contribution in [0.4, 0.5) is 4.79 Å². The lowest BCUT2D eigenvalue weighted by molar-refractivity contribution is -0.142. The molecule has 4 amide bonds. The molecule has 1 aromatic heterocycles. The minimum absolute atomic E-state index is 0.0234. The zero-order valence-corrected chi connectivity index (χ0v) is 27.3. The third-order valence-corrected chi connectivity index (χ3v) is 11.9. The number of hydrogen-bond donors (Lipinski definition) is 4. The van der Waals surface area contributed by atoms with E-state index in [1.807, 2.05) is 19.1 Å². The molecule has 1 saturated heterocycles. The van der Waals surface area contributed by atoms with Gasteiger partial charge in [-0.15, -0.1) is 0 Å². The third kappa shape index (κ3) is 6.93. The second-order valence-electron chi connectivity index (χ2n) is 13.4. The van der Waals surface area contributed by atoms with Crippen molar-refractivity contribution in [1.29, 1.82) is 0 Å². The molecule has 7 atom stereocenters. The van der Waals surface area contributed by atoms with Crippen molar-refractivity contribution < 1.29 is 42.2 Å². The molecule has 4 N–H and O–H groups in total. The van der Waals surface area contributed by atoms with Gasteiger partial charge in [0.15, 0.2) is 0 Å². The number of amides is 4. The largest absolute Gasteiger partial charge is 0.481 e. The lowest BCUT2D eigenvalue weighted by Crippen LogP contribution is -2.59. The number of pyridine rings is 1. The van der Waals surface area contributed by atoms with Crippen LogP contribution in [0.2, 0.25) is 0 Å². The van der Waals surface area contributed by atoms with Crippen molar-refractivity contribution in [3.05, 3.63) is 30.4 Å². The summed E-state index contributed by atoms with van der Waals surface area (Å²) < 4.78 is 38.4. The van der Waals surface area contributed by atoms with Crippen molar-refractivity contribution in [2.45, 2.75) is 94.2 Å². The van der Waals surface area contributed by atoms with E-state index in [1.165, 1.54) is 12.0 Å². The highest BCUT2D eigenvalue weighted by Gasteiger charge is 2.63. The number of ether oxygens (including phenoxy) is 2. The molecule has 0 radical (unpaired) electrons. The van der Waals surface area contributed by atoms with Gasteiger partial charge in [-0.25, -0.2) is 13.2 Å². The third-order valence-electron chi connectivity index (χ3n) is 9.72. The number of allylic oxidation sites excluding steroid dienone is 1. The predicted octanol–water partition coefficient (Wildman–Crippen LogP) is 1.96. The Labute approximate surface area is 268 Å². The Balaban J connectivity index is 1.47. The molecule has 5 rings (SSSR count). The second-order valence-corrected chi connectivity index (χ2v) is 15.6. The van der Waals surface area contributed by atoms with Gasteiger partial charge in [0.25, 0.3) is 5.91 Å². The number of methoxy groups -OCH3 is 1. The number of sulfonamides is 1. The van der Waals surface area contributed by atoms with Crippen LogP contribution in [0.5, 0.6) is 11.8 Å². The van der Waals surface area contributed by atoms with Crippen molar-refractivity contribution in [2.75, 3.05) is 13.7 Å². The van der Waals surface area contributed by atoms with E-state index in [0.29, 0.717) is 31.6 Å². The van der Waals surface area contributed by atoms with Gasteiger partial charge in [0, 0.05) is 24.5 Å². The number of carbonyl (C=O) groups is 4. The molecule has 3 heterocycles. The normalized spacial score (nSPS) is 33.2. The minimum atomic E-state index is -3.98. The van der Waals surface area contributed by atoms with Crippen LogP contribution in [-0.4, -0.2) is 89.4 Å². The highest BCUT2D eigenvalue weighted by Crippen LogP contribution is 2.47. The van der Waals surface area contributed by atoms with Crippen LogP contribution in [0.15, 0.2) is 30.4 Å². The molecule has 0 bridgehead atoms. The van der Waals surface area contributed by atoms with Crippen molar-refractivity contribution >= 4 is 33.8 Å². The summed E-state index contributed by atoms with van der Waals surface area (Å²) in [5.74, 6) is -2.25. The highest BCUT2D eigenvalue weighted by atomic mass is 32.2. The summed E-state index contributed by atoms with van der Waals surface area (Å²) in [5, 5.41) is 14.8. The fraction of sp³-hybridized carbons (Fsp3) is 0.645. The van der Waals surface area contributed by atoms with Crippen LogP contribution in [0, 0.1) is 17.8 Å². The van der Waals surface area contributed by atoms with Crippen LogP contribution < -0.4 is 24.8 Å². The minimum Gasteiger partial charge on any atom is -0.481 e. The van der Waals surface area contributed by atoms with E-state index in [9.17, 15) is 32.7 Å². The van der Waals surface area contributed by atoms with E-state index < -0.39 is 74.1 Å². The molecular formula is C31H43N5O9S. The van der Waals surface area contributed by atoms with Gasteiger partial charge in [-0.2, -0.15) is 4.98 Å². The first kappa shape index (κ1) is 33.5. The first-order valence-electron chi connectivity index (χ1n) is 15.7. The van der Waals surface area contributed by atoms with Crippen LogP contribution in [-0.2, 0) is 24.4 Å². The zero-order valence-electron chi connectivity index (χ0n) is 26.5. The van der Waals surface area contributed by atoms with Gasteiger partial charge in [0.2, 0.25) is 33.6 Å². The summed E-state index contributed by atoms with van der Waals surface area (Å²) in [4.78, 5) is 59.2. The van der Waals surface area contributed by atoms with Crippen LogP contribution in [0.25, 0.3) is 0 Å². The van der Waals surface area contributed by atoms with Crippen LogP contribution in [0.1, 0.15) is 65.7 Å². The molecular weight excluding hydrogens is 618 g/mol. The number of rotatable bonds is 7. The second kappa shape index (κ2) is 12.7. The van der Waals surface area contributed by atoms with Crippen LogP contribution in [0.3, 0.4) is 0 Å². The number of nitrogens with zero attached hydrogens (tertiary/aromatic N) is 2. The Kier molecular flexibility index (Phi) is 9.26. The molecule has 15 heteroatoms. The zero-order chi connectivity index (χ0) is 33.4. The maximum atomic E-state index is 14.1. The standard InChI is InChI=1S/C31H43N5O9S/c1-18-8-5-6-9-20-16-31(20,28(39)35-46(42,43)30(3)12-13-30)34-26(37)22-15-21(45-24-11-7-10-23(32-24)44-4)17-36(22)27(38)25(19(2)14-18)33-29(40)41/h6-7,9-11,18-22,25,33H,5,8,12-17H2,1-4H3,(H,34,37)(H,35,39)(H,40,41)/b9-6-/t18-,19-,20-,21-,22+,25+,31-/m1/s1. The molecule has 46 heavy (non-hydrogen) atoms. The summed E-state index contributed by atoms with van der Waals surface area (Å²) in [5.41, 5.74) is -1.52. The number of fused-ring (bicyclic) bond motifs is 2. The summed E-state index contributed by atoms with van der Waals surface area (Å²) in [6, 6.07) is 2.66. The van der Waals surface area contributed by atoms with Gasteiger partial charge in [0.05, 0.1) is 18.4 Å². The average molecular weight is 662 g/mol. The number of aromatic nitrogens is 1. The van der Waals surface area contributed by atoms with E-state index in [0.717, 1.165) is 6.42 Å². The molecule has 0 unspecified atom stereocenters. The Morgan fingerprint density at radius 3 is 2.54 bits per heavy atom. The quantitative estimate of drug-likeness (QED) is 0.314. The molecule has 2 aliphatic heterocycles. The summed E-state index contributed by atoms with van der Waals surface area (Å²) >= 11 is 0. The molecule has 2 aliphatic carbocycles. The number of nitrogens with one attached hydrogen (secondary N) is 3. The van der Waals surface area contributed by atoms with E-state index in [4.69, 9.17) is 9.47 Å². The average Bonchev–Trinajstić information content (AvgIpc) is 3.87. The van der Waals surface area contributed by atoms with E-state index in [-0.39, 0.29) is 31.2 Å². The van der Waals surface area contributed by atoms with Gasteiger partial charge in [-0.1, -0.05) is 32.1 Å². The Morgan fingerprint density at radius 1 is 1.15 bits per heavy atom. The van der Waals surface area contributed by atoms with Crippen molar-refractivity contribution in [3.63, 3.8) is 0 Å². The smallest absolute Gasteiger partial charge is 0.405 e. The number of carboxylic acid groups (broad SMARTS) is 1. The molecule has 14 nitrogen and oxygen atoms in total. The Morgan fingerprint density at radius 2 is 1.87 bits per heavy atom. The number of carbonyl (C=O) groups excluding carboxylic acids is 3. The molecule has 1 aromatic rings. The van der Waals surface area contributed by atoms with Crippen molar-refractivity contribution in [1.82, 2.24) is 25.2 Å². The first-order valence-corrected chi connectivity index (χ1v) is 17.2. The van der Waals surface area contributed by atoms with E-state index >= 15 is 0 Å². The highest BCUT2D eigenvalue weighted by molar-refractivity contribution is 7.91. The summed E-state index contributed by atoms with van der Waals surface area (Å²) in [7, 11) is -2.52. The maximum absolute atomic E-state index is 14.1. The monoisotopic (exact) mass is 661 g/mol. The fourth-order valence-corrected chi connectivity index (χ4v) is 7.79. The molecule has 0 aromatic carbocycles. The molecule has 252 valence electrons. The van der Waals surface area contributed by atoms with Gasteiger partial charge in [-0.05, 0) is 57.3 Å². The van der Waals surface area contributed by atoms with Gasteiger partial charge in [0.1, 0.15) is 23.7 Å². The SMILES string of the molecule is COc1cccc(O[C@@H]2C[C@H]3C(=O)N[C@]4(C(=O)NS(=O)(=O)C5(C)CC5)C[C@H]4/C=C\CC[C@@H](C)C[C@@H](C)[C@H](NC(=O)O)C(=O)N3C2)n1. The topological polar surface area (TPSA) is 193 Å². The van der Waals surface area contributed by atoms with E-state index in [1.54, 1.807) is 32.0 Å². The first-order chi connectivity index (χ1) is 21.7. The van der Waals surface area contributed by atoms with Crippen LogP contribution >= 0.6 is 0 Å². The molecule has 0 spiro atoms. The van der Waals surface area contributed by atoms with Crippen molar-refractivity contribution in [2.24, 2.45) is 17.8 Å². The summed E-state index contributed by atoms with van der Waals surface area (Å²) in [6.07, 6.45) is 4.73. The predicted molar refractivity (Wildman–Crippen MR) is 165 cm³/mol. The van der Waals surface area contributed by atoms with Gasteiger partial charge < -0.3 is 30.1 Å². The van der Waals surface area contributed by atoms with Gasteiger partial charge in [-0.3, -0.25) is 19.1 Å². The lowest BCUT2D eigenvalue weighted by Gasteiger charge is -2.32. The van der Waals surface area contributed by atoms with E-state index in [2.05, 4.69) is 20.3 Å². The van der Waals surface area contributed by atoms with Gasteiger partial charge >= 0.3 is 6.09 Å². The Bertz CT molecular complexity index is 1510.